The van der Waals surface area contributed by atoms with E-state index in [0.29, 0.717) is 0 Å². The first-order valence-electron chi connectivity index (χ1n) is 8.65. The highest BCUT2D eigenvalue weighted by molar-refractivity contribution is 7.99. The largest absolute Gasteiger partial charge is 0.277 e. The lowest BCUT2D eigenvalue weighted by Gasteiger charge is -2.28. The summed E-state index contributed by atoms with van der Waals surface area (Å²) in [5, 5.41) is 0. The quantitative estimate of drug-likeness (QED) is 0.660. The fraction of sp³-hybridized carbons (Fsp3) is 0.381. The Kier molecular flexibility index (Phi) is 5.22. The fourth-order valence-electron chi connectivity index (χ4n) is 3.14. The van der Waals surface area contributed by atoms with Crippen LogP contribution in [0.15, 0.2) is 64.5 Å². The zero-order valence-electron chi connectivity index (χ0n) is 14.1. The van der Waals surface area contributed by atoms with Gasteiger partial charge >= 0.3 is 0 Å². The second kappa shape index (κ2) is 7.35. The van der Waals surface area contributed by atoms with Gasteiger partial charge in [0, 0.05) is 21.8 Å². The van der Waals surface area contributed by atoms with Gasteiger partial charge in [-0.1, -0.05) is 75.2 Å². The van der Waals surface area contributed by atoms with Crippen LogP contribution in [0.3, 0.4) is 0 Å². The number of aliphatic imine (C=N–C) groups is 1. The number of hydrogen-bond donors (Lipinski definition) is 0. The van der Waals surface area contributed by atoms with E-state index < -0.39 is 0 Å². The summed E-state index contributed by atoms with van der Waals surface area (Å²) in [6.07, 6.45) is 4.76. The first-order valence-corrected chi connectivity index (χ1v) is 9.64. The molecule has 1 aliphatic rings. The van der Waals surface area contributed by atoms with E-state index >= 15 is 0 Å². The minimum absolute atomic E-state index is 0.0604. The standard InChI is InChI=1S/C21H25NS/c1-3-5-15-21(4-2)16-23-19-14-10-9-13-18(19)20(22-21)17-11-7-6-8-12-17/h6-14H,3-5,15-16H2,1-2H3/t21-/m1/s1. The number of nitrogens with zero attached hydrogens (tertiary/aromatic N) is 1. The molecule has 0 saturated heterocycles. The fourth-order valence-corrected chi connectivity index (χ4v) is 4.47. The maximum Gasteiger partial charge on any atom is 0.0737 e. The Morgan fingerprint density at radius 2 is 1.74 bits per heavy atom. The van der Waals surface area contributed by atoms with Crippen LogP contribution < -0.4 is 0 Å². The van der Waals surface area contributed by atoms with E-state index in [0.717, 1.165) is 12.2 Å². The van der Waals surface area contributed by atoms with E-state index in [1.807, 2.05) is 11.8 Å². The minimum atomic E-state index is 0.0604. The molecular formula is C21H25NS. The number of unbranched alkanes of at least 4 members (excludes halogenated alkanes) is 1. The molecule has 1 nitrogen and oxygen atoms in total. The van der Waals surface area contributed by atoms with Gasteiger partial charge in [0.2, 0.25) is 0 Å². The Hall–Kier alpha value is -1.54. The van der Waals surface area contributed by atoms with Crippen LogP contribution in [-0.4, -0.2) is 17.0 Å². The molecule has 0 fully saturated rings. The van der Waals surface area contributed by atoms with Gasteiger partial charge in [-0.25, -0.2) is 0 Å². The summed E-state index contributed by atoms with van der Waals surface area (Å²) < 4.78 is 0. The molecule has 0 aliphatic carbocycles. The maximum atomic E-state index is 5.37. The van der Waals surface area contributed by atoms with Crippen molar-refractivity contribution in [2.75, 3.05) is 5.75 Å². The van der Waals surface area contributed by atoms with Crippen molar-refractivity contribution in [2.45, 2.75) is 50.0 Å². The summed E-state index contributed by atoms with van der Waals surface area (Å²) >= 11 is 1.98. The summed E-state index contributed by atoms with van der Waals surface area (Å²) in [6, 6.07) is 19.4. The van der Waals surface area contributed by atoms with E-state index in [1.165, 1.54) is 41.0 Å². The molecule has 1 heterocycles. The Balaban J connectivity index is 2.12. The molecule has 2 heteroatoms. The average Bonchev–Trinajstić information content (AvgIpc) is 2.79. The molecule has 0 amide bonds. The zero-order valence-corrected chi connectivity index (χ0v) is 14.9. The Morgan fingerprint density at radius 1 is 1.00 bits per heavy atom. The Bertz CT molecular complexity index is 677. The third kappa shape index (κ3) is 3.53. The van der Waals surface area contributed by atoms with Gasteiger partial charge in [-0.05, 0) is 18.9 Å². The third-order valence-electron chi connectivity index (χ3n) is 4.69. The summed E-state index contributed by atoms with van der Waals surface area (Å²) in [6.45, 7) is 4.56. The van der Waals surface area contributed by atoms with Crippen LogP contribution in [0.5, 0.6) is 0 Å². The molecule has 0 radical (unpaired) electrons. The number of thioether (sulfide) groups is 1. The van der Waals surface area contributed by atoms with Crippen molar-refractivity contribution in [3.05, 3.63) is 65.7 Å². The molecule has 0 unspecified atom stereocenters. The third-order valence-corrected chi connectivity index (χ3v) is 6.04. The molecule has 0 N–H and O–H groups in total. The molecule has 120 valence electrons. The van der Waals surface area contributed by atoms with Crippen molar-refractivity contribution < 1.29 is 0 Å². The molecule has 3 rings (SSSR count). The number of rotatable bonds is 5. The van der Waals surface area contributed by atoms with Crippen LogP contribution in [0, 0.1) is 0 Å². The monoisotopic (exact) mass is 323 g/mol. The number of hydrogen-bond acceptors (Lipinski definition) is 2. The molecule has 0 saturated carbocycles. The molecular weight excluding hydrogens is 298 g/mol. The highest BCUT2D eigenvalue weighted by atomic mass is 32.2. The highest BCUT2D eigenvalue weighted by Gasteiger charge is 2.31. The lowest BCUT2D eigenvalue weighted by atomic mass is 9.91. The topological polar surface area (TPSA) is 12.4 Å². The lowest BCUT2D eigenvalue weighted by molar-refractivity contribution is 0.415. The molecule has 2 aromatic rings. The van der Waals surface area contributed by atoms with Gasteiger partial charge in [-0.15, -0.1) is 11.8 Å². The summed E-state index contributed by atoms with van der Waals surface area (Å²) in [5.41, 5.74) is 3.75. The zero-order chi connectivity index (χ0) is 16.1. The van der Waals surface area contributed by atoms with Gasteiger partial charge in [-0.3, -0.25) is 4.99 Å². The van der Waals surface area contributed by atoms with Crippen LogP contribution in [0.25, 0.3) is 0 Å². The SMILES string of the molecule is CCCC[C@]1(CC)CSc2ccccc2C(c2ccccc2)=N1. The van der Waals surface area contributed by atoms with Crippen LogP contribution in [0.2, 0.25) is 0 Å². The van der Waals surface area contributed by atoms with Gasteiger partial charge in [0.15, 0.2) is 0 Å². The predicted octanol–water partition coefficient (Wildman–Crippen LogP) is 5.97. The lowest BCUT2D eigenvalue weighted by Crippen LogP contribution is -2.29. The predicted molar refractivity (Wildman–Crippen MR) is 102 cm³/mol. The smallest absolute Gasteiger partial charge is 0.0737 e. The summed E-state index contributed by atoms with van der Waals surface area (Å²) in [5.74, 6) is 1.08. The molecule has 0 aromatic heterocycles. The molecule has 0 bridgehead atoms. The van der Waals surface area contributed by atoms with Crippen molar-refractivity contribution in [3.63, 3.8) is 0 Å². The first-order chi connectivity index (χ1) is 11.3. The molecule has 0 spiro atoms. The van der Waals surface area contributed by atoms with Crippen LogP contribution in [0.1, 0.15) is 50.7 Å². The van der Waals surface area contributed by atoms with Gasteiger partial charge in [0.1, 0.15) is 0 Å². The van der Waals surface area contributed by atoms with E-state index in [2.05, 4.69) is 68.4 Å². The van der Waals surface area contributed by atoms with Gasteiger partial charge < -0.3 is 0 Å². The van der Waals surface area contributed by atoms with Crippen LogP contribution >= 0.6 is 11.8 Å². The van der Waals surface area contributed by atoms with E-state index in [1.54, 1.807) is 0 Å². The van der Waals surface area contributed by atoms with Gasteiger partial charge in [-0.2, -0.15) is 0 Å². The van der Waals surface area contributed by atoms with E-state index in [-0.39, 0.29) is 5.54 Å². The summed E-state index contributed by atoms with van der Waals surface area (Å²) in [4.78, 5) is 6.73. The number of fused-ring (bicyclic) bond motifs is 1. The second-order valence-corrected chi connectivity index (χ2v) is 7.31. The Morgan fingerprint density at radius 3 is 2.48 bits per heavy atom. The van der Waals surface area contributed by atoms with Crippen molar-refractivity contribution in [2.24, 2.45) is 4.99 Å². The van der Waals surface area contributed by atoms with E-state index in [9.17, 15) is 0 Å². The summed E-state index contributed by atoms with van der Waals surface area (Å²) in [7, 11) is 0. The highest BCUT2D eigenvalue weighted by Crippen LogP contribution is 2.38. The van der Waals surface area contributed by atoms with Crippen LogP contribution in [-0.2, 0) is 0 Å². The van der Waals surface area contributed by atoms with Crippen molar-refractivity contribution in [3.8, 4) is 0 Å². The molecule has 2 aromatic carbocycles. The Labute approximate surface area is 144 Å². The normalized spacial score (nSPS) is 20.5. The molecule has 1 aliphatic heterocycles. The number of benzene rings is 2. The van der Waals surface area contributed by atoms with Crippen LogP contribution in [0.4, 0.5) is 0 Å². The molecule has 1 atom stereocenters. The average molecular weight is 324 g/mol. The van der Waals surface area contributed by atoms with Crippen molar-refractivity contribution in [1.82, 2.24) is 0 Å². The molecule has 23 heavy (non-hydrogen) atoms. The maximum absolute atomic E-state index is 5.37. The van der Waals surface area contributed by atoms with Crippen molar-refractivity contribution in [1.29, 1.82) is 0 Å². The minimum Gasteiger partial charge on any atom is -0.277 e. The second-order valence-electron chi connectivity index (χ2n) is 6.29. The van der Waals surface area contributed by atoms with Gasteiger partial charge in [0.25, 0.3) is 0 Å². The van der Waals surface area contributed by atoms with Crippen molar-refractivity contribution >= 4 is 17.5 Å². The first kappa shape index (κ1) is 16.3. The van der Waals surface area contributed by atoms with E-state index in [4.69, 9.17) is 4.99 Å². The van der Waals surface area contributed by atoms with Gasteiger partial charge in [0.05, 0.1) is 11.3 Å².